The highest BCUT2D eigenvalue weighted by Crippen LogP contribution is 2.39. The number of ether oxygens (including phenoxy) is 3. The van der Waals surface area contributed by atoms with Gasteiger partial charge in [0.15, 0.2) is 12.1 Å². The van der Waals surface area contributed by atoms with Gasteiger partial charge in [-0.25, -0.2) is 0 Å². The Morgan fingerprint density at radius 3 is 2.32 bits per heavy atom. The summed E-state index contributed by atoms with van der Waals surface area (Å²) in [4.78, 5) is 26.5. The first-order valence-corrected chi connectivity index (χ1v) is 14.5. The van der Waals surface area contributed by atoms with Gasteiger partial charge in [-0.3, -0.25) is 9.59 Å². The fraction of sp³-hybridized carbons (Fsp3) is 0.857. The van der Waals surface area contributed by atoms with Crippen molar-refractivity contribution < 1.29 is 49.3 Å². The second-order valence-electron chi connectivity index (χ2n) is 12.6. The highest BCUT2D eigenvalue weighted by Gasteiger charge is 2.52. The zero-order chi connectivity index (χ0) is 30.8. The number of aliphatic hydroxyl groups excluding tert-OH is 4. The topological polar surface area (TPSA) is 218 Å². The summed E-state index contributed by atoms with van der Waals surface area (Å²) in [5.41, 5.74) is 11.3. The van der Waals surface area contributed by atoms with Crippen molar-refractivity contribution in [3.63, 3.8) is 0 Å². The lowest BCUT2D eigenvalue weighted by molar-refractivity contribution is -0.308. The Morgan fingerprint density at radius 1 is 1.12 bits per heavy atom. The molecule has 0 aromatic rings. The number of nitrogens with two attached hydrogens (primary N) is 2. The standard InChI is InChI=1S/C28H49N3O10/c1-13(2)6-7-17(40-27-24(35)22(29)23(34)15(5)39-27)8-20-21(26(37)31-11-16(12-31)25(30)36)19(33)10-28(38,41-20)9-18(32)14(3)4/h6-7,13-24,27,32-35,38H,8-12,29H2,1-5H3,(H2,30,36)/b7-6+/t15?,17-,18+,19-,20-,21+,22?,23?,24?,27?,28+/m0/s1. The Labute approximate surface area is 241 Å². The van der Waals surface area contributed by atoms with E-state index in [1.54, 1.807) is 26.8 Å². The number of carbonyl (C=O) groups is 2. The average Bonchev–Trinajstić information content (AvgIpc) is 2.82. The predicted octanol–water partition coefficient (Wildman–Crippen LogP) is -1.43. The molecule has 0 aromatic carbocycles. The Balaban J connectivity index is 1.88. The largest absolute Gasteiger partial charge is 0.393 e. The smallest absolute Gasteiger partial charge is 0.230 e. The molecule has 41 heavy (non-hydrogen) atoms. The summed E-state index contributed by atoms with van der Waals surface area (Å²) in [6.07, 6.45) is -5.49. The number of allylic oxidation sites excluding steroid dienone is 1. The molecule has 9 N–H and O–H groups in total. The van der Waals surface area contributed by atoms with Gasteiger partial charge in [-0.1, -0.05) is 39.8 Å². The van der Waals surface area contributed by atoms with Crippen molar-refractivity contribution in [3.8, 4) is 0 Å². The lowest BCUT2D eigenvalue weighted by Crippen LogP contribution is -2.63. The second kappa shape index (κ2) is 13.7. The number of primary amides is 1. The Bertz CT molecular complexity index is 929. The van der Waals surface area contributed by atoms with Crippen LogP contribution in [0.3, 0.4) is 0 Å². The van der Waals surface area contributed by atoms with E-state index in [4.69, 9.17) is 25.7 Å². The first kappa shape index (κ1) is 33.8. The summed E-state index contributed by atoms with van der Waals surface area (Å²) in [6, 6.07) is -1.02. The van der Waals surface area contributed by atoms with Crippen molar-refractivity contribution in [2.75, 3.05) is 13.1 Å². The molecule has 5 unspecified atom stereocenters. The Hall–Kier alpha value is -1.68. The van der Waals surface area contributed by atoms with Crippen LogP contribution in [0.5, 0.6) is 0 Å². The van der Waals surface area contributed by atoms with Crippen LogP contribution in [0.2, 0.25) is 0 Å². The minimum atomic E-state index is -1.93. The molecule has 0 bridgehead atoms. The van der Waals surface area contributed by atoms with Gasteiger partial charge >= 0.3 is 0 Å². The van der Waals surface area contributed by atoms with Crippen LogP contribution in [0, 0.1) is 23.7 Å². The van der Waals surface area contributed by atoms with Gasteiger partial charge < -0.3 is 56.1 Å². The van der Waals surface area contributed by atoms with Gasteiger partial charge in [0.2, 0.25) is 11.8 Å². The molecule has 3 rings (SSSR count). The van der Waals surface area contributed by atoms with Gasteiger partial charge in [0.05, 0.1) is 54.5 Å². The summed E-state index contributed by atoms with van der Waals surface area (Å²) in [5, 5.41) is 53.9. The second-order valence-corrected chi connectivity index (χ2v) is 12.6. The van der Waals surface area contributed by atoms with Crippen molar-refractivity contribution in [2.24, 2.45) is 35.1 Å². The maximum absolute atomic E-state index is 13.6. The molecule has 13 nitrogen and oxygen atoms in total. The van der Waals surface area contributed by atoms with Crippen LogP contribution in [0.15, 0.2) is 12.2 Å². The first-order chi connectivity index (χ1) is 19.0. The molecule has 0 spiro atoms. The number of rotatable bonds is 11. The predicted molar refractivity (Wildman–Crippen MR) is 146 cm³/mol. The molecular formula is C28H49N3O10. The monoisotopic (exact) mass is 587 g/mol. The zero-order valence-corrected chi connectivity index (χ0v) is 24.6. The molecule has 11 atom stereocenters. The van der Waals surface area contributed by atoms with Gasteiger partial charge in [-0.05, 0) is 18.8 Å². The quantitative estimate of drug-likeness (QED) is 0.139. The van der Waals surface area contributed by atoms with Crippen LogP contribution in [0.1, 0.15) is 53.9 Å². The minimum absolute atomic E-state index is 0.0391. The molecule has 3 fully saturated rings. The molecule has 0 aliphatic carbocycles. The van der Waals surface area contributed by atoms with Gasteiger partial charge in [0.1, 0.15) is 6.10 Å². The van der Waals surface area contributed by atoms with Gasteiger partial charge in [-0.15, -0.1) is 0 Å². The van der Waals surface area contributed by atoms with Crippen molar-refractivity contribution in [2.45, 2.75) is 115 Å². The molecule has 3 heterocycles. The highest BCUT2D eigenvalue weighted by molar-refractivity contribution is 5.85. The summed E-state index contributed by atoms with van der Waals surface area (Å²) in [5.74, 6) is -4.57. The van der Waals surface area contributed by atoms with E-state index in [1.165, 1.54) is 4.90 Å². The van der Waals surface area contributed by atoms with Gasteiger partial charge in [-0.2, -0.15) is 0 Å². The number of nitrogens with zero attached hydrogens (tertiary/aromatic N) is 1. The molecule has 0 aromatic heterocycles. The third kappa shape index (κ3) is 8.24. The molecule has 0 radical (unpaired) electrons. The van der Waals surface area contributed by atoms with E-state index in [-0.39, 0.29) is 44.2 Å². The molecule has 13 heteroatoms. The van der Waals surface area contributed by atoms with Crippen LogP contribution >= 0.6 is 0 Å². The number of hydrogen-bond donors (Lipinski definition) is 7. The Morgan fingerprint density at radius 2 is 1.76 bits per heavy atom. The summed E-state index contributed by atoms with van der Waals surface area (Å²) >= 11 is 0. The minimum Gasteiger partial charge on any atom is -0.393 e. The molecule has 236 valence electrons. The summed E-state index contributed by atoms with van der Waals surface area (Å²) in [7, 11) is 0. The number of hydrogen-bond acceptors (Lipinski definition) is 11. The summed E-state index contributed by atoms with van der Waals surface area (Å²) in [6.45, 7) is 9.32. The number of likely N-dealkylation sites (tertiary alicyclic amines) is 1. The lowest BCUT2D eigenvalue weighted by atomic mass is 9.80. The maximum Gasteiger partial charge on any atom is 0.230 e. The normalized spacial score (nSPS) is 38.3. The van der Waals surface area contributed by atoms with E-state index < -0.39 is 84.5 Å². The van der Waals surface area contributed by atoms with Crippen LogP contribution < -0.4 is 11.5 Å². The molecule has 3 saturated heterocycles. The number of aliphatic hydroxyl groups is 5. The van der Waals surface area contributed by atoms with Crippen LogP contribution in [0.4, 0.5) is 0 Å². The van der Waals surface area contributed by atoms with Crippen molar-refractivity contribution in [1.29, 1.82) is 0 Å². The molecule has 0 saturated carbocycles. The summed E-state index contributed by atoms with van der Waals surface area (Å²) < 4.78 is 17.9. The maximum atomic E-state index is 13.6. The molecule has 2 amide bonds. The van der Waals surface area contributed by atoms with E-state index in [2.05, 4.69) is 0 Å². The average molecular weight is 588 g/mol. The highest BCUT2D eigenvalue weighted by atomic mass is 16.7. The third-order valence-corrected chi connectivity index (χ3v) is 8.27. The number of carbonyl (C=O) groups excluding carboxylic acids is 2. The first-order valence-electron chi connectivity index (χ1n) is 14.5. The zero-order valence-electron chi connectivity index (χ0n) is 24.6. The fourth-order valence-corrected chi connectivity index (χ4v) is 5.47. The van der Waals surface area contributed by atoms with Gasteiger partial charge in [0, 0.05) is 32.4 Å². The lowest BCUT2D eigenvalue weighted by Gasteiger charge is -2.48. The van der Waals surface area contributed by atoms with E-state index in [9.17, 15) is 35.1 Å². The van der Waals surface area contributed by atoms with E-state index >= 15 is 0 Å². The van der Waals surface area contributed by atoms with Gasteiger partial charge in [0.25, 0.3) is 0 Å². The fourth-order valence-electron chi connectivity index (χ4n) is 5.47. The molecular weight excluding hydrogens is 538 g/mol. The SMILES string of the molecule is CC(C)/C=C/[C@@H](C[C@@H]1O[C@](O)(C[C@@H](O)C(C)C)C[C@H](O)[C@H]1C(=O)N1CC(C(N)=O)C1)OC1OC(C)C(O)C(N)C1O. The van der Waals surface area contributed by atoms with E-state index in [0.717, 1.165) is 0 Å². The van der Waals surface area contributed by atoms with Crippen LogP contribution in [0.25, 0.3) is 0 Å². The third-order valence-electron chi connectivity index (χ3n) is 8.27. The van der Waals surface area contributed by atoms with E-state index in [0.29, 0.717) is 0 Å². The van der Waals surface area contributed by atoms with Crippen molar-refractivity contribution >= 4 is 11.8 Å². The molecule has 3 aliphatic rings. The Kier molecular flexibility index (Phi) is 11.3. The van der Waals surface area contributed by atoms with Crippen molar-refractivity contribution in [1.82, 2.24) is 4.90 Å². The number of amides is 2. The van der Waals surface area contributed by atoms with Crippen molar-refractivity contribution in [3.05, 3.63) is 12.2 Å². The molecule has 3 aliphatic heterocycles. The van der Waals surface area contributed by atoms with Crippen LogP contribution in [-0.2, 0) is 23.8 Å². The van der Waals surface area contributed by atoms with Crippen LogP contribution in [-0.4, -0.2) is 116 Å². The van der Waals surface area contributed by atoms with E-state index in [1.807, 2.05) is 19.9 Å².